The van der Waals surface area contributed by atoms with Gasteiger partial charge in [0.05, 0.1) is 22.5 Å². The van der Waals surface area contributed by atoms with Gasteiger partial charge >= 0.3 is 5.97 Å². The lowest BCUT2D eigenvalue weighted by molar-refractivity contribution is -0.136. The maximum absolute atomic E-state index is 15.6. The van der Waals surface area contributed by atoms with E-state index in [2.05, 4.69) is 5.10 Å². The van der Waals surface area contributed by atoms with Crippen molar-refractivity contribution >= 4 is 27.9 Å². The first-order valence-corrected chi connectivity index (χ1v) is 10.2. The van der Waals surface area contributed by atoms with Gasteiger partial charge in [-0.25, -0.2) is 12.9 Å². The van der Waals surface area contributed by atoms with Gasteiger partial charge in [0.2, 0.25) is 0 Å². The predicted octanol–water partition coefficient (Wildman–Crippen LogP) is 2.68. The van der Waals surface area contributed by atoms with Gasteiger partial charge in [0.1, 0.15) is 28.4 Å². The van der Waals surface area contributed by atoms with Crippen molar-refractivity contribution in [2.75, 3.05) is 13.1 Å². The van der Waals surface area contributed by atoms with Crippen molar-refractivity contribution in [1.82, 2.24) is 14.1 Å². The molecule has 0 amide bonds. The number of rotatable bonds is 5. The van der Waals surface area contributed by atoms with Gasteiger partial charge in [0.15, 0.2) is 0 Å². The van der Waals surface area contributed by atoms with Crippen LogP contribution in [0.15, 0.2) is 53.4 Å². The number of para-hydroxylation sites is 1. The third kappa shape index (κ3) is 3.63. The lowest BCUT2D eigenvalue weighted by Gasteiger charge is -2.22. The first-order chi connectivity index (χ1) is 13.8. The van der Waals surface area contributed by atoms with Crippen LogP contribution in [0, 0.1) is 0 Å². The third-order valence-corrected chi connectivity index (χ3v) is 6.56. The van der Waals surface area contributed by atoms with E-state index >= 15 is 4.39 Å². The molecule has 1 aliphatic rings. The quantitative estimate of drug-likeness (QED) is 0.666. The van der Waals surface area contributed by atoms with E-state index in [1.165, 1.54) is 28.0 Å². The molecule has 1 unspecified atom stereocenters. The number of carboxylic acids is 1. The predicted molar refractivity (Wildman–Crippen MR) is 106 cm³/mol. The molecule has 152 valence electrons. The zero-order valence-corrected chi connectivity index (χ0v) is 16.5. The molecule has 3 atom stereocenters. The van der Waals surface area contributed by atoms with Crippen molar-refractivity contribution in [1.29, 1.82) is 0 Å². The Balaban J connectivity index is 1.69. The van der Waals surface area contributed by atoms with Crippen LogP contribution in [0.25, 0.3) is 10.9 Å². The minimum absolute atomic E-state index is 0.0619. The highest BCUT2D eigenvalue weighted by atomic mass is 32.2. The summed E-state index contributed by atoms with van der Waals surface area (Å²) in [5.74, 6) is -0.945. The van der Waals surface area contributed by atoms with E-state index in [0.29, 0.717) is 21.5 Å². The van der Waals surface area contributed by atoms with Crippen LogP contribution < -0.4 is 0 Å². The van der Waals surface area contributed by atoms with Crippen molar-refractivity contribution in [3.05, 3.63) is 54.2 Å². The number of aliphatic carboxylic acids is 1. The van der Waals surface area contributed by atoms with Crippen LogP contribution in [0.1, 0.15) is 18.7 Å². The number of carbonyl (C=O) groups is 1. The van der Waals surface area contributed by atoms with Crippen LogP contribution in [0.3, 0.4) is 0 Å². The molecule has 29 heavy (non-hydrogen) atoms. The van der Waals surface area contributed by atoms with Crippen LogP contribution >= 0.6 is 0 Å². The van der Waals surface area contributed by atoms with Crippen molar-refractivity contribution < 1.29 is 23.6 Å². The number of hydrogen-bond acceptors (Lipinski definition) is 4. The number of phenolic OH excluding ortho intramolecular Hbond substituents is 1. The van der Waals surface area contributed by atoms with Crippen molar-refractivity contribution in [2.45, 2.75) is 30.0 Å². The zero-order valence-electron chi connectivity index (χ0n) is 15.7. The number of phenols is 1. The number of aromatic nitrogens is 2. The smallest absolute Gasteiger partial charge is 0.309 e. The topological polar surface area (TPSA) is 95.7 Å². The van der Waals surface area contributed by atoms with E-state index in [1.807, 2.05) is 0 Å². The van der Waals surface area contributed by atoms with Gasteiger partial charge in [0, 0.05) is 18.5 Å². The first kappa shape index (κ1) is 19.5. The Morgan fingerprint density at radius 2 is 1.97 bits per heavy atom. The summed E-state index contributed by atoms with van der Waals surface area (Å²) in [5, 5.41) is 23.7. The fourth-order valence-corrected chi connectivity index (χ4v) is 5.05. The SMILES string of the molecule is C[C@]1(F)CN(S(=O)c2ccc(O)cc2)C[C@@H]1n1nc(CC(=O)O)c2ccccc21. The Labute approximate surface area is 169 Å². The van der Waals surface area contributed by atoms with E-state index in [-0.39, 0.29) is 25.3 Å². The van der Waals surface area contributed by atoms with Crippen LogP contribution in [-0.4, -0.2) is 53.2 Å². The van der Waals surface area contributed by atoms with E-state index in [1.54, 1.807) is 36.4 Å². The van der Waals surface area contributed by atoms with Gasteiger partial charge in [-0.1, -0.05) is 18.2 Å². The molecule has 0 saturated carbocycles. The Hall–Kier alpha value is -2.78. The molecular weight excluding hydrogens is 397 g/mol. The molecule has 0 radical (unpaired) electrons. The fraction of sp³-hybridized carbons (Fsp3) is 0.300. The second kappa shape index (κ2) is 7.23. The average molecular weight is 417 g/mol. The summed E-state index contributed by atoms with van der Waals surface area (Å²) in [7, 11) is -1.60. The normalized spacial score (nSPS) is 23.4. The van der Waals surface area contributed by atoms with Gasteiger partial charge in [0.25, 0.3) is 0 Å². The molecule has 0 aliphatic carbocycles. The first-order valence-electron chi connectivity index (χ1n) is 9.09. The lowest BCUT2D eigenvalue weighted by Crippen LogP contribution is -2.32. The number of hydrogen-bond donors (Lipinski definition) is 2. The summed E-state index contributed by atoms with van der Waals surface area (Å²) < 4.78 is 31.5. The van der Waals surface area contributed by atoms with Crippen molar-refractivity contribution in [3.63, 3.8) is 0 Å². The fourth-order valence-electron chi connectivity index (χ4n) is 3.73. The van der Waals surface area contributed by atoms with E-state index < -0.39 is 28.7 Å². The highest BCUT2D eigenvalue weighted by molar-refractivity contribution is 7.82. The molecule has 2 heterocycles. The molecule has 0 spiro atoms. The van der Waals surface area contributed by atoms with Gasteiger partial charge < -0.3 is 10.2 Å². The highest BCUT2D eigenvalue weighted by Crippen LogP contribution is 2.38. The van der Waals surface area contributed by atoms with E-state index in [0.717, 1.165) is 0 Å². The molecule has 4 rings (SSSR count). The number of alkyl halides is 1. The minimum atomic E-state index is -1.72. The summed E-state index contributed by atoms with van der Waals surface area (Å²) >= 11 is 0. The molecule has 9 heteroatoms. The number of nitrogens with zero attached hydrogens (tertiary/aromatic N) is 3. The van der Waals surface area contributed by atoms with Crippen LogP contribution in [0.5, 0.6) is 5.75 Å². The Kier molecular flexibility index (Phi) is 4.87. The molecule has 2 N–H and O–H groups in total. The molecule has 1 aromatic heterocycles. The average Bonchev–Trinajstić information content (AvgIpc) is 3.18. The highest BCUT2D eigenvalue weighted by Gasteiger charge is 2.47. The third-order valence-electron chi connectivity index (χ3n) is 5.13. The number of benzene rings is 2. The molecule has 2 aromatic carbocycles. The monoisotopic (exact) mass is 417 g/mol. The maximum Gasteiger partial charge on any atom is 0.309 e. The molecule has 0 bridgehead atoms. The second-order valence-electron chi connectivity index (χ2n) is 7.34. The number of aromatic hydroxyl groups is 1. The Bertz CT molecular complexity index is 1100. The number of fused-ring (bicyclic) bond motifs is 1. The summed E-state index contributed by atoms with van der Waals surface area (Å²) in [4.78, 5) is 11.7. The molecule has 7 nitrogen and oxygen atoms in total. The minimum Gasteiger partial charge on any atom is -0.508 e. The second-order valence-corrected chi connectivity index (χ2v) is 8.82. The van der Waals surface area contributed by atoms with Crippen LogP contribution in [0.4, 0.5) is 4.39 Å². The van der Waals surface area contributed by atoms with Crippen LogP contribution in [0.2, 0.25) is 0 Å². The molecule has 3 aromatic rings. The van der Waals surface area contributed by atoms with Crippen molar-refractivity contribution in [3.8, 4) is 5.75 Å². The molecular formula is C20H20FN3O4S. The zero-order chi connectivity index (χ0) is 20.8. The summed E-state index contributed by atoms with van der Waals surface area (Å²) in [6.45, 7) is 1.53. The molecule has 1 saturated heterocycles. The maximum atomic E-state index is 15.6. The van der Waals surface area contributed by atoms with Gasteiger partial charge in [-0.2, -0.15) is 5.10 Å². The van der Waals surface area contributed by atoms with E-state index in [4.69, 9.17) is 0 Å². The number of carboxylic acid groups (broad SMARTS) is 1. The van der Waals surface area contributed by atoms with Crippen molar-refractivity contribution in [2.24, 2.45) is 0 Å². The lowest BCUT2D eigenvalue weighted by atomic mass is 10.0. The molecule has 1 fully saturated rings. The largest absolute Gasteiger partial charge is 0.508 e. The standard InChI is InChI=1S/C20H20FN3O4S/c1-20(21)12-23(29(28)14-8-6-13(25)7-9-14)11-18(20)24-17-5-3-2-4-15(17)16(22-24)10-19(26)27/h2-9,18,25H,10-12H2,1H3,(H,26,27)/t18-,20-,29?/m0/s1. The summed E-state index contributed by atoms with van der Waals surface area (Å²) in [6, 6.07) is 12.4. The Morgan fingerprint density at radius 3 is 2.66 bits per heavy atom. The molecule has 1 aliphatic heterocycles. The van der Waals surface area contributed by atoms with Crippen LogP contribution in [-0.2, 0) is 22.2 Å². The summed E-state index contributed by atoms with van der Waals surface area (Å²) in [6.07, 6.45) is -0.258. The Morgan fingerprint density at radius 1 is 1.28 bits per heavy atom. The summed E-state index contributed by atoms with van der Waals surface area (Å²) in [5.41, 5.74) is -0.695. The van der Waals surface area contributed by atoms with Gasteiger partial charge in [-0.3, -0.25) is 9.48 Å². The van der Waals surface area contributed by atoms with E-state index in [9.17, 15) is 19.2 Å². The van der Waals surface area contributed by atoms with Gasteiger partial charge in [-0.05, 0) is 37.3 Å². The number of halogens is 1. The van der Waals surface area contributed by atoms with Gasteiger partial charge in [-0.15, -0.1) is 0 Å².